The molecular formula is C20H17NO5S2. The minimum absolute atomic E-state index is 0.0752. The number of benzene rings is 2. The Balaban J connectivity index is 1.90. The van der Waals surface area contributed by atoms with Crippen LogP contribution in [0.25, 0.3) is 6.08 Å². The number of amides is 1. The van der Waals surface area contributed by atoms with Gasteiger partial charge in [0.05, 0.1) is 31.2 Å². The van der Waals surface area contributed by atoms with Crippen LogP contribution in [-0.2, 0) is 16.0 Å². The second kappa shape index (κ2) is 8.45. The number of anilines is 1. The maximum absolute atomic E-state index is 12.9. The van der Waals surface area contributed by atoms with E-state index in [1.54, 1.807) is 62.8 Å². The Labute approximate surface area is 171 Å². The summed E-state index contributed by atoms with van der Waals surface area (Å²) in [6, 6.07) is 12.1. The summed E-state index contributed by atoms with van der Waals surface area (Å²) < 4.78 is 11.0. The van der Waals surface area contributed by atoms with E-state index in [2.05, 4.69) is 0 Å². The predicted octanol–water partition coefficient (Wildman–Crippen LogP) is 3.74. The summed E-state index contributed by atoms with van der Waals surface area (Å²) in [5, 5.41) is 8.87. The molecule has 6 nitrogen and oxygen atoms in total. The van der Waals surface area contributed by atoms with Crippen molar-refractivity contribution in [2.75, 3.05) is 19.1 Å². The molecule has 0 unspecified atom stereocenters. The first-order chi connectivity index (χ1) is 13.4. The average molecular weight is 415 g/mol. The third kappa shape index (κ3) is 4.18. The summed E-state index contributed by atoms with van der Waals surface area (Å²) in [6.45, 7) is 0. The zero-order valence-electron chi connectivity index (χ0n) is 15.2. The van der Waals surface area contributed by atoms with E-state index in [0.717, 1.165) is 0 Å². The number of nitrogens with zero attached hydrogens (tertiary/aromatic N) is 1. The molecule has 0 aromatic heterocycles. The first kappa shape index (κ1) is 19.9. The lowest BCUT2D eigenvalue weighted by Crippen LogP contribution is -2.27. The van der Waals surface area contributed by atoms with Crippen molar-refractivity contribution in [1.82, 2.24) is 0 Å². The fraction of sp³-hybridized carbons (Fsp3) is 0.150. The fourth-order valence-corrected chi connectivity index (χ4v) is 4.01. The highest BCUT2D eigenvalue weighted by Gasteiger charge is 2.33. The first-order valence-electron chi connectivity index (χ1n) is 8.23. The molecule has 0 aliphatic carbocycles. The summed E-state index contributed by atoms with van der Waals surface area (Å²) in [5.41, 5.74) is 1.95. The van der Waals surface area contributed by atoms with Gasteiger partial charge < -0.3 is 14.6 Å². The van der Waals surface area contributed by atoms with Crippen LogP contribution in [0.1, 0.15) is 11.1 Å². The summed E-state index contributed by atoms with van der Waals surface area (Å²) in [5.74, 6) is 0.111. The maximum atomic E-state index is 12.9. The minimum Gasteiger partial charge on any atom is -0.497 e. The zero-order valence-corrected chi connectivity index (χ0v) is 16.8. The molecule has 1 N–H and O–H groups in total. The maximum Gasteiger partial charge on any atom is 0.307 e. The first-order valence-corrected chi connectivity index (χ1v) is 9.46. The number of aliphatic carboxylic acids is 1. The van der Waals surface area contributed by atoms with Crippen LogP contribution in [-0.4, -0.2) is 35.5 Å². The Morgan fingerprint density at radius 3 is 2.50 bits per heavy atom. The van der Waals surface area contributed by atoms with E-state index in [9.17, 15) is 9.59 Å². The normalized spacial score (nSPS) is 15.2. The van der Waals surface area contributed by atoms with Gasteiger partial charge in [0.1, 0.15) is 11.5 Å². The van der Waals surface area contributed by atoms with Crippen LogP contribution in [0.3, 0.4) is 0 Å². The van der Waals surface area contributed by atoms with Crippen molar-refractivity contribution in [2.45, 2.75) is 6.42 Å². The molecule has 1 aliphatic heterocycles. The van der Waals surface area contributed by atoms with E-state index >= 15 is 0 Å². The average Bonchev–Trinajstić information content (AvgIpc) is 2.95. The van der Waals surface area contributed by atoms with Crippen molar-refractivity contribution in [3.8, 4) is 11.5 Å². The lowest BCUT2D eigenvalue weighted by Gasteiger charge is -2.14. The quantitative estimate of drug-likeness (QED) is 0.569. The van der Waals surface area contributed by atoms with Crippen LogP contribution in [0.5, 0.6) is 11.5 Å². The van der Waals surface area contributed by atoms with Gasteiger partial charge in [0, 0.05) is 5.56 Å². The van der Waals surface area contributed by atoms with Gasteiger partial charge in [-0.15, -0.1) is 0 Å². The Kier molecular flexibility index (Phi) is 6.01. The van der Waals surface area contributed by atoms with Crippen molar-refractivity contribution in [1.29, 1.82) is 0 Å². The van der Waals surface area contributed by atoms with Crippen LogP contribution < -0.4 is 14.4 Å². The molecular weight excluding hydrogens is 398 g/mol. The van der Waals surface area contributed by atoms with Crippen LogP contribution in [0, 0.1) is 0 Å². The van der Waals surface area contributed by atoms with E-state index < -0.39 is 5.97 Å². The molecule has 0 spiro atoms. The molecule has 1 aliphatic rings. The molecule has 0 atom stereocenters. The number of hydrogen-bond acceptors (Lipinski definition) is 6. The van der Waals surface area contributed by atoms with E-state index in [1.165, 1.54) is 16.7 Å². The number of hydrogen-bond donors (Lipinski definition) is 1. The van der Waals surface area contributed by atoms with Gasteiger partial charge in [-0.1, -0.05) is 36.1 Å². The van der Waals surface area contributed by atoms with Crippen LogP contribution in [0.15, 0.2) is 47.4 Å². The number of thioether (sulfide) groups is 1. The molecule has 1 fully saturated rings. The molecule has 1 amide bonds. The fourth-order valence-electron chi connectivity index (χ4n) is 2.72. The lowest BCUT2D eigenvalue weighted by molar-refractivity contribution is -0.136. The smallest absolute Gasteiger partial charge is 0.307 e. The van der Waals surface area contributed by atoms with Gasteiger partial charge >= 0.3 is 5.97 Å². The van der Waals surface area contributed by atoms with Gasteiger partial charge in [-0.25, -0.2) is 0 Å². The number of carboxylic acids is 1. The van der Waals surface area contributed by atoms with Crippen molar-refractivity contribution < 1.29 is 24.2 Å². The van der Waals surface area contributed by atoms with Gasteiger partial charge in [-0.05, 0) is 42.0 Å². The van der Waals surface area contributed by atoms with E-state index in [1.807, 2.05) is 0 Å². The number of methoxy groups -OCH3 is 2. The second-order valence-electron chi connectivity index (χ2n) is 5.86. The SMILES string of the molecule is COc1ccc(OC)c(/C=C2\SC(=S)N(c3ccc(CC(=O)O)cc3)C2=O)c1. The van der Waals surface area contributed by atoms with E-state index in [4.69, 9.17) is 26.8 Å². The number of thiocarbonyl (C=S) groups is 1. The van der Waals surface area contributed by atoms with Gasteiger partial charge in [-0.3, -0.25) is 14.5 Å². The monoisotopic (exact) mass is 415 g/mol. The van der Waals surface area contributed by atoms with Gasteiger partial charge in [0.2, 0.25) is 0 Å². The Morgan fingerprint density at radius 1 is 1.18 bits per heavy atom. The number of rotatable bonds is 6. The highest BCUT2D eigenvalue weighted by Crippen LogP contribution is 2.37. The van der Waals surface area contributed by atoms with E-state index in [-0.39, 0.29) is 12.3 Å². The van der Waals surface area contributed by atoms with Crippen LogP contribution in [0.2, 0.25) is 0 Å². The molecule has 1 heterocycles. The zero-order chi connectivity index (χ0) is 20.3. The molecule has 2 aromatic rings. The largest absolute Gasteiger partial charge is 0.497 e. The summed E-state index contributed by atoms with van der Waals surface area (Å²) in [6.07, 6.45) is 1.65. The van der Waals surface area contributed by atoms with E-state index in [0.29, 0.717) is 37.5 Å². The van der Waals surface area contributed by atoms with Gasteiger partial charge in [0.15, 0.2) is 4.32 Å². The molecule has 0 saturated carbocycles. The second-order valence-corrected chi connectivity index (χ2v) is 7.54. The van der Waals surface area contributed by atoms with Crippen LogP contribution in [0.4, 0.5) is 5.69 Å². The number of carbonyl (C=O) groups is 2. The number of carboxylic acid groups (broad SMARTS) is 1. The minimum atomic E-state index is -0.909. The standard InChI is InChI=1S/C20H17NO5S2/c1-25-15-7-8-16(26-2)13(10-15)11-17-19(24)21(20(27)28-17)14-5-3-12(4-6-14)9-18(22)23/h3-8,10-11H,9H2,1-2H3,(H,22,23)/b17-11-. The van der Waals surface area contributed by atoms with Crippen molar-refractivity contribution in [3.05, 3.63) is 58.5 Å². The predicted molar refractivity (Wildman–Crippen MR) is 113 cm³/mol. The Morgan fingerprint density at radius 2 is 1.89 bits per heavy atom. The summed E-state index contributed by atoms with van der Waals surface area (Å²) in [4.78, 5) is 25.6. The third-order valence-electron chi connectivity index (χ3n) is 4.07. The molecule has 2 aromatic carbocycles. The molecule has 0 radical (unpaired) electrons. The third-order valence-corrected chi connectivity index (χ3v) is 5.37. The molecule has 3 rings (SSSR count). The topological polar surface area (TPSA) is 76.1 Å². The molecule has 8 heteroatoms. The Bertz CT molecular complexity index is 969. The highest BCUT2D eigenvalue weighted by atomic mass is 32.2. The number of ether oxygens (including phenoxy) is 2. The van der Waals surface area contributed by atoms with Crippen molar-refractivity contribution >= 4 is 51.9 Å². The Hall–Kier alpha value is -2.84. The summed E-state index contributed by atoms with van der Waals surface area (Å²) in [7, 11) is 3.13. The van der Waals surface area contributed by atoms with Crippen molar-refractivity contribution in [2.24, 2.45) is 0 Å². The molecule has 144 valence electrons. The van der Waals surface area contributed by atoms with Crippen LogP contribution >= 0.6 is 24.0 Å². The molecule has 1 saturated heterocycles. The summed E-state index contributed by atoms with van der Waals surface area (Å²) >= 11 is 6.58. The number of carbonyl (C=O) groups excluding carboxylic acids is 1. The molecule has 0 bridgehead atoms. The lowest BCUT2D eigenvalue weighted by atomic mass is 10.1. The molecule has 28 heavy (non-hydrogen) atoms. The van der Waals surface area contributed by atoms with Gasteiger partial charge in [-0.2, -0.15) is 0 Å². The highest BCUT2D eigenvalue weighted by molar-refractivity contribution is 8.27. The van der Waals surface area contributed by atoms with Crippen molar-refractivity contribution in [3.63, 3.8) is 0 Å². The van der Waals surface area contributed by atoms with Gasteiger partial charge in [0.25, 0.3) is 5.91 Å².